The van der Waals surface area contributed by atoms with Crippen LogP contribution in [0.1, 0.15) is 33.6 Å². The molecule has 0 spiro atoms. The van der Waals surface area contributed by atoms with Crippen LogP contribution in [0.15, 0.2) is 30.5 Å². The smallest absolute Gasteiger partial charge is 0.404 e. The van der Waals surface area contributed by atoms with Crippen LogP contribution in [0.25, 0.3) is 10.9 Å². The standard InChI is InChI=1S/C21H34N4O3Si/c1-21(2,3)29(4,5)28-14-15(9-8-12-27-20(23)26)25-19-16-10-6-7-11-18(16)24-13-17(19)22/h6-7,10-11,13,15H,8-9,12,14,22H2,1-5H3,(H2,23,26)(H,24,25)/t15-/m0/s1. The zero-order valence-electron chi connectivity index (χ0n) is 18.1. The first-order chi connectivity index (χ1) is 13.5. The van der Waals surface area contributed by atoms with Crippen LogP contribution in [-0.2, 0) is 9.16 Å². The Bertz CT molecular complexity index is 836. The van der Waals surface area contributed by atoms with E-state index >= 15 is 0 Å². The molecule has 7 nitrogen and oxygen atoms in total. The quantitative estimate of drug-likeness (QED) is 0.408. The molecule has 0 aliphatic rings. The van der Waals surface area contributed by atoms with Crippen molar-refractivity contribution >= 4 is 36.7 Å². The third kappa shape index (κ3) is 6.33. The molecule has 1 aromatic heterocycles. The second kappa shape index (κ2) is 9.45. The first-order valence-corrected chi connectivity index (χ1v) is 12.9. The average Bonchev–Trinajstić information content (AvgIpc) is 2.63. The Morgan fingerprint density at radius 1 is 1.28 bits per heavy atom. The second-order valence-electron chi connectivity index (χ2n) is 8.83. The number of primary amides is 1. The van der Waals surface area contributed by atoms with Gasteiger partial charge in [-0.25, -0.2) is 4.79 Å². The van der Waals surface area contributed by atoms with Crippen LogP contribution in [0.3, 0.4) is 0 Å². The van der Waals surface area contributed by atoms with Gasteiger partial charge in [-0.15, -0.1) is 0 Å². The molecule has 0 aliphatic carbocycles. The summed E-state index contributed by atoms with van der Waals surface area (Å²) in [7, 11) is -1.91. The Morgan fingerprint density at radius 2 is 1.97 bits per heavy atom. The van der Waals surface area contributed by atoms with E-state index < -0.39 is 14.4 Å². The Hall–Kier alpha value is -2.32. The Kier molecular flexibility index (Phi) is 7.48. The summed E-state index contributed by atoms with van der Waals surface area (Å²) in [4.78, 5) is 15.2. The van der Waals surface area contributed by atoms with Crippen molar-refractivity contribution in [2.45, 2.75) is 57.8 Å². The highest BCUT2D eigenvalue weighted by molar-refractivity contribution is 6.74. The predicted octanol–water partition coefficient (Wildman–Crippen LogP) is 4.49. The number of nitrogens with one attached hydrogen (secondary N) is 1. The third-order valence-electron chi connectivity index (χ3n) is 5.55. The van der Waals surface area contributed by atoms with Crippen molar-refractivity contribution in [3.8, 4) is 0 Å². The summed E-state index contributed by atoms with van der Waals surface area (Å²) in [5, 5.41) is 4.65. The van der Waals surface area contributed by atoms with E-state index in [0.717, 1.165) is 23.0 Å². The first kappa shape index (κ1) is 23.0. The zero-order chi connectivity index (χ0) is 21.7. The molecular formula is C21H34N4O3Si. The van der Waals surface area contributed by atoms with E-state index in [4.69, 9.17) is 20.6 Å². The zero-order valence-corrected chi connectivity index (χ0v) is 19.1. The highest BCUT2D eigenvalue weighted by Gasteiger charge is 2.37. The SMILES string of the molecule is CC(C)(C)[Si](C)(C)OC[C@H](CCCOC(N)=O)Nc1c(N)cnc2ccccc12. The molecule has 0 fully saturated rings. The number of ether oxygens (including phenoxy) is 1. The van der Waals surface area contributed by atoms with Gasteiger partial charge >= 0.3 is 6.09 Å². The molecule has 0 saturated carbocycles. The van der Waals surface area contributed by atoms with Crippen molar-refractivity contribution in [2.75, 3.05) is 24.3 Å². The predicted molar refractivity (Wildman–Crippen MR) is 121 cm³/mol. The minimum atomic E-state index is -1.91. The van der Waals surface area contributed by atoms with Crippen molar-refractivity contribution in [2.24, 2.45) is 5.73 Å². The molecule has 29 heavy (non-hydrogen) atoms. The van der Waals surface area contributed by atoms with Gasteiger partial charge in [0.15, 0.2) is 8.32 Å². The summed E-state index contributed by atoms with van der Waals surface area (Å²) >= 11 is 0. The fraction of sp³-hybridized carbons (Fsp3) is 0.524. The maximum Gasteiger partial charge on any atom is 0.404 e. The molecule has 2 aromatic rings. The van der Waals surface area contributed by atoms with Gasteiger partial charge < -0.3 is 25.9 Å². The van der Waals surface area contributed by atoms with Gasteiger partial charge in [-0.2, -0.15) is 0 Å². The summed E-state index contributed by atoms with van der Waals surface area (Å²) in [6.45, 7) is 11.9. The average molecular weight is 419 g/mol. The number of amides is 1. The fourth-order valence-corrected chi connectivity index (χ4v) is 3.80. The number of aromatic nitrogens is 1. The molecule has 0 bridgehead atoms. The topological polar surface area (TPSA) is 112 Å². The second-order valence-corrected chi connectivity index (χ2v) is 13.6. The highest BCUT2D eigenvalue weighted by atomic mass is 28.4. The Balaban J connectivity index is 2.19. The minimum Gasteiger partial charge on any atom is -0.450 e. The number of carbonyl (C=O) groups is 1. The van der Waals surface area contributed by atoms with Gasteiger partial charge in [0.25, 0.3) is 0 Å². The molecule has 0 aliphatic heterocycles. The molecule has 1 amide bonds. The molecular weight excluding hydrogens is 384 g/mol. The monoisotopic (exact) mass is 418 g/mol. The van der Waals surface area contributed by atoms with Gasteiger partial charge in [0, 0.05) is 11.4 Å². The van der Waals surface area contributed by atoms with E-state index in [9.17, 15) is 4.79 Å². The van der Waals surface area contributed by atoms with Crippen LogP contribution < -0.4 is 16.8 Å². The molecule has 1 aromatic carbocycles. The van der Waals surface area contributed by atoms with Crippen molar-refractivity contribution in [1.29, 1.82) is 0 Å². The highest BCUT2D eigenvalue weighted by Crippen LogP contribution is 2.37. The van der Waals surface area contributed by atoms with Gasteiger partial charge in [0.1, 0.15) is 0 Å². The molecule has 0 radical (unpaired) electrons. The lowest BCUT2D eigenvalue weighted by atomic mass is 10.1. The molecule has 0 saturated heterocycles. The van der Waals surface area contributed by atoms with Gasteiger partial charge in [0.2, 0.25) is 0 Å². The maximum absolute atomic E-state index is 10.8. The summed E-state index contributed by atoms with van der Waals surface area (Å²) < 4.78 is 11.3. The normalized spacial score (nSPS) is 13.3. The Morgan fingerprint density at radius 3 is 2.62 bits per heavy atom. The van der Waals surface area contributed by atoms with E-state index in [2.05, 4.69) is 44.2 Å². The number of rotatable bonds is 9. The van der Waals surface area contributed by atoms with Crippen LogP contribution in [0.4, 0.5) is 16.2 Å². The number of nitrogens with zero attached hydrogens (tertiary/aromatic N) is 1. The molecule has 160 valence electrons. The molecule has 2 rings (SSSR count). The number of para-hydroxylation sites is 1. The number of hydrogen-bond donors (Lipinski definition) is 3. The van der Waals surface area contributed by atoms with Crippen LogP contribution in [0.5, 0.6) is 0 Å². The summed E-state index contributed by atoms with van der Waals surface area (Å²) in [5.74, 6) is 0. The first-order valence-electron chi connectivity index (χ1n) is 9.97. The number of carbonyl (C=O) groups excluding carboxylic acids is 1. The fourth-order valence-electron chi connectivity index (χ4n) is 2.75. The van der Waals surface area contributed by atoms with E-state index in [1.165, 1.54) is 0 Å². The van der Waals surface area contributed by atoms with Crippen LogP contribution in [0, 0.1) is 0 Å². The van der Waals surface area contributed by atoms with E-state index in [1.807, 2.05) is 24.3 Å². The number of nitrogens with two attached hydrogens (primary N) is 2. The van der Waals surface area contributed by atoms with Crippen molar-refractivity contribution in [3.63, 3.8) is 0 Å². The summed E-state index contributed by atoms with van der Waals surface area (Å²) in [5.41, 5.74) is 13.6. The van der Waals surface area contributed by atoms with Crippen LogP contribution >= 0.6 is 0 Å². The van der Waals surface area contributed by atoms with Gasteiger partial charge in [0.05, 0.1) is 36.3 Å². The lowest BCUT2D eigenvalue weighted by Crippen LogP contribution is -2.43. The molecule has 1 atom stereocenters. The number of benzene rings is 1. The van der Waals surface area contributed by atoms with Crippen LogP contribution in [0.2, 0.25) is 18.1 Å². The van der Waals surface area contributed by atoms with E-state index in [1.54, 1.807) is 6.20 Å². The van der Waals surface area contributed by atoms with Gasteiger partial charge in [-0.05, 0) is 37.0 Å². The van der Waals surface area contributed by atoms with E-state index in [0.29, 0.717) is 18.7 Å². The van der Waals surface area contributed by atoms with Crippen molar-refractivity contribution in [1.82, 2.24) is 4.98 Å². The van der Waals surface area contributed by atoms with Gasteiger partial charge in [-0.1, -0.05) is 39.0 Å². The number of anilines is 2. The molecule has 0 unspecified atom stereocenters. The molecule has 1 heterocycles. The summed E-state index contributed by atoms with van der Waals surface area (Å²) in [6.07, 6.45) is 2.34. The molecule has 8 heteroatoms. The number of pyridine rings is 1. The third-order valence-corrected chi connectivity index (χ3v) is 10.0. The Labute approximate surface area is 174 Å². The van der Waals surface area contributed by atoms with Crippen molar-refractivity contribution < 1.29 is 14.0 Å². The maximum atomic E-state index is 10.8. The molecule has 5 N–H and O–H groups in total. The lowest BCUT2D eigenvalue weighted by molar-refractivity contribution is 0.152. The number of fused-ring (bicyclic) bond motifs is 1. The van der Waals surface area contributed by atoms with Gasteiger partial charge in [-0.3, -0.25) is 4.98 Å². The number of hydrogen-bond acceptors (Lipinski definition) is 6. The van der Waals surface area contributed by atoms with Crippen molar-refractivity contribution in [3.05, 3.63) is 30.5 Å². The largest absolute Gasteiger partial charge is 0.450 e. The lowest BCUT2D eigenvalue weighted by Gasteiger charge is -2.37. The minimum absolute atomic E-state index is 0.00806. The van der Waals surface area contributed by atoms with E-state index in [-0.39, 0.29) is 17.7 Å². The van der Waals surface area contributed by atoms with Crippen LogP contribution in [-0.4, -0.2) is 38.7 Å². The number of nitrogen functional groups attached to an aromatic ring is 1. The summed E-state index contributed by atoms with van der Waals surface area (Å²) in [6, 6.07) is 7.89.